The number of carbonyl (C=O) groups is 1. The van der Waals surface area contributed by atoms with Crippen molar-refractivity contribution in [3.8, 4) is 0 Å². The van der Waals surface area contributed by atoms with E-state index in [1.807, 2.05) is 0 Å². The molecule has 1 aliphatic carbocycles. The highest BCUT2D eigenvalue weighted by atomic mass is 16.4. The normalized spacial score (nSPS) is 26.9. The van der Waals surface area contributed by atoms with E-state index < -0.39 is 5.97 Å². The summed E-state index contributed by atoms with van der Waals surface area (Å²) in [5.74, 6) is -0.148. The van der Waals surface area contributed by atoms with Crippen molar-refractivity contribution in [2.24, 2.45) is 11.8 Å². The molecule has 19 heavy (non-hydrogen) atoms. The van der Waals surface area contributed by atoms with Crippen molar-refractivity contribution in [3.05, 3.63) is 47.5 Å². The van der Waals surface area contributed by atoms with Gasteiger partial charge < -0.3 is 5.11 Å². The first-order valence-corrected chi connectivity index (χ1v) is 6.94. The van der Waals surface area contributed by atoms with Crippen molar-refractivity contribution >= 4 is 5.97 Å². The van der Waals surface area contributed by atoms with Gasteiger partial charge in [0.1, 0.15) is 0 Å². The Morgan fingerprint density at radius 1 is 1.26 bits per heavy atom. The summed E-state index contributed by atoms with van der Waals surface area (Å²) in [6, 6.07) is 8.49. The SMILES string of the molecule is C=C(C)[C@@H]1CC[C@@H](C(=O)O)C[C@H]1c1ccc(C)cc1. The molecule has 0 bridgehead atoms. The molecule has 2 heteroatoms. The molecule has 1 fully saturated rings. The molecule has 1 N–H and O–H groups in total. The van der Waals surface area contributed by atoms with Gasteiger partial charge in [-0.3, -0.25) is 4.79 Å². The molecule has 2 rings (SSSR count). The van der Waals surface area contributed by atoms with Crippen molar-refractivity contribution in [2.75, 3.05) is 0 Å². The standard InChI is InChI=1S/C17H22O2/c1-11(2)15-9-8-14(17(18)19)10-16(15)13-6-4-12(3)5-7-13/h4-7,14-16H,1,8-10H2,2-3H3,(H,18,19)/t14-,15+,16+/m1/s1. The average molecular weight is 258 g/mol. The lowest BCUT2D eigenvalue weighted by atomic mass is 9.69. The van der Waals surface area contributed by atoms with Gasteiger partial charge >= 0.3 is 5.97 Å². The number of rotatable bonds is 3. The Kier molecular flexibility index (Phi) is 4.08. The molecule has 0 heterocycles. The van der Waals surface area contributed by atoms with E-state index in [1.165, 1.54) is 16.7 Å². The molecule has 102 valence electrons. The second-order valence-corrected chi connectivity index (χ2v) is 5.82. The predicted molar refractivity (Wildman–Crippen MR) is 77.2 cm³/mol. The smallest absolute Gasteiger partial charge is 0.306 e. The van der Waals surface area contributed by atoms with Gasteiger partial charge in [0.05, 0.1) is 5.92 Å². The quantitative estimate of drug-likeness (QED) is 0.827. The third-order valence-corrected chi connectivity index (χ3v) is 4.34. The first-order chi connectivity index (χ1) is 8.99. The maximum absolute atomic E-state index is 11.2. The molecule has 0 aliphatic heterocycles. The van der Waals surface area contributed by atoms with Crippen molar-refractivity contribution in [3.63, 3.8) is 0 Å². The van der Waals surface area contributed by atoms with E-state index in [2.05, 4.69) is 44.7 Å². The Morgan fingerprint density at radius 3 is 2.42 bits per heavy atom. The minimum absolute atomic E-state index is 0.207. The molecular weight excluding hydrogens is 236 g/mol. The molecule has 1 saturated carbocycles. The van der Waals surface area contributed by atoms with Crippen LogP contribution in [0.4, 0.5) is 0 Å². The summed E-state index contributed by atoms with van der Waals surface area (Å²) in [6.45, 7) is 8.23. The molecule has 0 spiro atoms. The van der Waals surface area contributed by atoms with Crippen LogP contribution in [0.15, 0.2) is 36.4 Å². The number of hydrogen-bond acceptors (Lipinski definition) is 1. The minimum Gasteiger partial charge on any atom is -0.481 e. The average Bonchev–Trinajstić information content (AvgIpc) is 2.38. The molecule has 0 unspecified atom stereocenters. The second kappa shape index (κ2) is 5.60. The Hall–Kier alpha value is -1.57. The van der Waals surface area contributed by atoms with E-state index in [1.54, 1.807) is 0 Å². The Labute approximate surface area is 115 Å². The van der Waals surface area contributed by atoms with Crippen molar-refractivity contribution in [2.45, 2.75) is 39.0 Å². The summed E-state index contributed by atoms with van der Waals surface area (Å²) in [4.78, 5) is 11.2. The van der Waals surface area contributed by atoms with Crippen LogP contribution in [0.1, 0.15) is 43.2 Å². The third-order valence-electron chi connectivity index (χ3n) is 4.34. The molecule has 0 saturated heterocycles. The van der Waals surface area contributed by atoms with Gasteiger partial charge in [-0.1, -0.05) is 42.0 Å². The van der Waals surface area contributed by atoms with Gasteiger partial charge in [0.25, 0.3) is 0 Å². The molecule has 2 nitrogen and oxygen atoms in total. The van der Waals surface area contributed by atoms with Crippen LogP contribution in [-0.2, 0) is 4.79 Å². The highest BCUT2D eigenvalue weighted by Crippen LogP contribution is 2.43. The highest BCUT2D eigenvalue weighted by Gasteiger charge is 2.34. The molecule has 0 aromatic heterocycles. The Morgan fingerprint density at radius 2 is 1.89 bits per heavy atom. The molecule has 1 aromatic carbocycles. The summed E-state index contributed by atoms with van der Waals surface area (Å²) in [7, 11) is 0. The van der Waals surface area contributed by atoms with Gasteiger partial charge in [0, 0.05) is 0 Å². The van der Waals surface area contributed by atoms with Crippen LogP contribution in [0.25, 0.3) is 0 Å². The van der Waals surface area contributed by atoms with Gasteiger partial charge in [0.15, 0.2) is 0 Å². The molecule has 1 aromatic rings. The zero-order valence-corrected chi connectivity index (χ0v) is 11.7. The number of carboxylic acids is 1. The van der Waals surface area contributed by atoms with Gasteiger partial charge in [-0.25, -0.2) is 0 Å². The van der Waals surface area contributed by atoms with E-state index in [0.29, 0.717) is 11.8 Å². The number of aliphatic carboxylic acids is 1. The van der Waals surface area contributed by atoms with Gasteiger partial charge in [-0.05, 0) is 50.5 Å². The molecule has 1 aliphatic rings. The second-order valence-electron chi connectivity index (χ2n) is 5.82. The summed E-state index contributed by atoms with van der Waals surface area (Å²) >= 11 is 0. The van der Waals surface area contributed by atoms with E-state index in [4.69, 9.17) is 0 Å². The van der Waals surface area contributed by atoms with Crippen LogP contribution in [0.3, 0.4) is 0 Å². The molecule has 0 radical (unpaired) electrons. The maximum Gasteiger partial charge on any atom is 0.306 e. The maximum atomic E-state index is 11.2. The van der Waals surface area contributed by atoms with Crippen LogP contribution in [0.2, 0.25) is 0 Å². The number of carboxylic acid groups (broad SMARTS) is 1. The lowest BCUT2D eigenvalue weighted by molar-refractivity contribution is -0.143. The van der Waals surface area contributed by atoms with Gasteiger partial charge in [-0.15, -0.1) is 0 Å². The van der Waals surface area contributed by atoms with Crippen LogP contribution in [0.5, 0.6) is 0 Å². The van der Waals surface area contributed by atoms with Crippen LogP contribution in [0, 0.1) is 18.8 Å². The van der Waals surface area contributed by atoms with E-state index in [-0.39, 0.29) is 5.92 Å². The number of allylic oxidation sites excluding steroid dienone is 1. The fraction of sp³-hybridized carbons (Fsp3) is 0.471. The zero-order chi connectivity index (χ0) is 14.0. The summed E-state index contributed by atoms with van der Waals surface area (Å²) < 4.78 is 0. The lowest BCUT2D eigenvalue weighted by Gasteiger charge is -2.35. The van der Waals surface area contributed by atoms with E-state index in [9.17, 15) is 9.90 Å². The van der Waals surface area contributed by atoms with Crippen LogP contribution >= 0.6 is 0 Å². The summed E-state index contributed by atoms with van der Waals surface area (Å²) in [6.07, 6.45) is 2.44. The van der Waals surface area contributed by atoms with E-state index >= 15 is 0 Å². The Bertz CT molecular complexity index is 473. The van der Waals surface area contributed by atoms with Crippen molar-refractivity contribution in [1.82, 2.24) is 0 Å². The monoisotopic (exact) mass is 258 g/mol. The molecular formula is C17H22O2. The van der Waals surface area contributed by atoms with Crippen LogP contribution in [-0.4, -0.2) is 11.1 Å². The van der Waals surface area contributed by atoms with Crippen LogP contribution < -0.4 is 0 Å². The number of hydrogen-bond donors (Lipinski definition) is 1. The summed E-state index contributed by atoms with van der Waals surface area (Å²) in [5.41, 5.74) is 3.67. The fourth-order valence-electron chi connectivity index (χ4n) is 3.17. The van der Waals surface area contributed by atoms with Crippen molar-refractivity contribution < 1.29 is 9.90 Å². The largest absolute Gasteiger partial charge is 0.481 e. The first-order valence-electron chi connectivity index (χ1n) is 6.94. The topological polar surface area (TPSA) is 37.3 Å². The third kappa shape index (κ3) is 3.06. The fourth-order valence-corrected chi connectivity index (χ4v) is 3.17. The lowest BCUT2D eigenvalue weighted by Crippen LogP contribution is -2.28. The highest BCUT2D eigenvalue weighted by molar-refractivity contribution is 5.70. The number of aryl methyl sites for hydroxylation is 1. The molecule has 0 amide bonds. The first kappa shape index (κ1) is 13.9. The zero-order valence-electron chi connectivity index (χ0n) is 11.7. The minimum atomic E-state index is -0.655. The van der Waals surface area contributed by atoms with Gasteiger partial charge in [0.2, 0.25) is 0 Å². The number of benzene rings is 1. The van der Waals surface area contributed by atoms with Gasteiger partial charge in [-0.2, -0.15) is 0 Å². The summed E-state index contributed by atoms with van der Waals surface area (Å²) in [5, 5.41) is 9.25. The van der Waals surface area contributed by atoms with Crippen molar-refractivity contribution in [1.29, 1.82) is 0 Å². The molecule has 3 atom stereocenters. The van der Waals surface area contributed by atoms with E-state index in [0.717, 1.165) is 19.3 Å². The Balaban J connectivity index is 2.27. The predicted octanol–water partition coefficient (Wildman–Crippen LogP) is 4.16.